The van der Waals surface area contributed by atoms with Crippen LogP contribution in [0.2, 0.25) is 0 Å². The molecule has 1 heterocycles. The van der Waals surface area contributed by atoms with Gasteiger partial charge in [-0.2, -0.15) is 4.98 Å². The Labute approximate surface area is 150 Å². The van der Waals surface area contributed by atoms with Crippen LogP contribution < -0.4 is 0 Å². The quantitative estimate of drug-likeness (QED) is 0.697. The molecule has 1 unspecified atom stereocenters. The molecule has 1 aromatic heterocycles. The van der Waals surface area contributed by atoms with E-state index in [1.165, 1.54) is 13.3 Å². The van der Waals surface area contributed by atoms with Crippen molar-refractivity contribution < 1.29 is 17.7 Å². The lowest BCUT2D eigenvalue weighted by atomic mass is 9.94. The van der Waals surface area contributed by atoms with Crippen LogP contribution in [-0.4, -0.2) is 48.2 Å². The van der Waals surface area contributed by atoms with Gasteiger partial charge in [-0.15, -0.1) is 0 Å². The largest absolute Gasteiger partial charge is 0.342 e. The van der Waals surface area contributed by atoms with Crippen molar-refractivity contribution in [2.75, 3.05) is 12.8 Å². The number of nitrogens with zero attached hydrogens (tertiary/aromatic N) is 3. The molecule has 1 saturated carbocycles. The third-order valence-corrected chi connectivity index (χ3v) is 6.89. The van der Waals surface area contributed by atoms with Gasteiger partial charge in [0.25, 0.3) is 0 Å². The highest BCUT2D eigenvalue weighted by atomic mass is 32.2. The molecule has 0 bridgehead atoms. The average Bonchev–Trinajstić information content (AvgIpc) is 3.07. The minimum absolute atomic E-state index is 0.0687. The zero-order valence-corrected chi connectivity index (χ0v) is 16.2. The van der Waals surface area contributed by atoms with E-state index in [0.717, 1.165) is 38.5 Å². The summed E-state index contributed by atoms with van der Waals surface area (Å²) in [5.41, 5.74) is 0. The molecule has 8 heteroatoms. The van der Waals surface area contributed by atoms with Gasteiger partial charge in [-0.05, 0) is 26.2 Å². The number of aromatic nitrogens is 2. The number of hydrogen-bond donors (Lipinski definition) is 0. The topological polar surface area (TPSA) is 93.4 Å². The van der Waals surface area contributed by atoms with Gasteiger partial charge in [0.1, 0.15) is 11.0 Å². The summed E-state index contributed by atoms with van der Waals surface area (Å²) in [4.78, 5) is 18.2. The number of aryl methyl sites for hydroxylation is 1. The number of sulfone groups is 1. The van der Waals surface area contributed by atoms with Gasteiger partial charge >= 0.3 is 0 Å². The van der Waals surface area contributed by atoms with E-state index in [2.05, 4.69) is 17.1 Å². The number of rotatable bonds is 8. The first-order valence-electron chi connectivity index (χ1n) is 9.15. The minimum Gasteiger partial charge on any atom is -0.342 e. The molecular formula is C17H29N3O4S. The van der Waals surface area contributed by atoms with Gasteiger partial charge in [-0.1, -0.05) is 37.8 Å². The molecule has 142 valence electrons. The molecule has 1 fully saturated rings. The van der Waals surface area contributed by atoms with Crippen molar-refractivity contribution in [2.45, 2.75) is 76.5 Å². The van der Waals surface area contributed by atoms with Crippen LogP contribution in [-0.2, 0) is 21.1 Å². The zero-order valence-electron chi connectivity index (χ0n) is 15.4. The number of amides is 1. The lowest BCUT2D eigenvalue weighted by molar-refractivity contribution is -0.129. The molecule has 1 aliphatic carbocycles. The molecule has 0 N–H and O–H groups in total. The van der Waals surface area contributed by atoms with Crippen molar-refractivity contribution in [3.63, 3.8) is 0 Å². The molecule has 1 amide bonds. The van der Waals surface area contributed by atoms with Crippen LogP contribution in [0.25, 0.3) is 0 Å². The van der Waals surface area contributed by atoms with Crippen LogP contribution in [0.1, 0.15) is 75.8 Å². The Morgan fingerprint density at radius 2 is 2.00 bits per heavy atom. The van der Waals surface area contributed by atoms with Crippen LogP contribution in [0.5, 0.6) is 0 Å². The fraction of sp³-hybridized carbons (Fsp3) is 0.824. The monoisotopic (exact) mass is 371 g/mol. The molecule has 7 nitrogen and oxygen atoms in total. The Kier molecular flexibility index (Phi) is 6.98. The first-order chi connectivity index (χ1) is 11.8. The lowest BCUT2D eigenvalue weighted by Crippen LogP contribution is -2.41. The maximum absolute atomic E-state index is 12.6. The number of hydrogen-bond acceptors (Lipinski definition) is 6. The minimum atomic E-state index is -3.69. The molecule has 0 radical (unpaired) electrons. The van der Waals surface area contributed by atoms with Gasteiger partial charge in [-0.3, -0.25) is 4.79 Å². The van der Waals surface area contributed by atoms with Gasteiger partial charge < -0.3 is 9.42 Å². The van der Waals surface area contributed by atoms with Crippen molar-refractivity contribution in [2.24, 2.45) is 0 Å². The Bertz CT molecular complexity index is 665. The summed E-state index contributed by atoms with van der Waals surface area (Å²) in [6, 6.07) is 0.149. The second kappa shape index (κ2) is 8.78. The van der Waals surface area contributed by atoms with Crippen molar-refractivity contribution in [3.05, 3.63) is 11.7 Å². The highest BCUT2D eigenvalue weighted by Crippen LogP contribution is 2.24. The number of carbonyl (C=O) groups excluding carboxylic acids is 1. The molecule has 0 spiro atoms. The van der Waals surface area contributed by atoms with Crippen molar-refractivity contribution in [1.82, 2.24) is 15.0 Å². The second-order valence-electron chi connectivity index (χ2n) is 6.90. The summed E-state index contributed by atoms with van der Waals surface area (Å²) in [7, 11) is -1.99. The van der Waals surface area contributed by atoms with Gasteiger partial charge in [0, 0.05) is 19.5 Å². The summed E-state index contributed by atoms with van der Waals surface area (Å²) in [6.07, 6.45) is 7.85. The predicted molar refractivity (Wildman–Crippen MR) is 94.8 cm³/mol. The van der Waals surface area contributed by atoms with Gasteiger partial charge in [0.2, 0.25) is 11.8 Å². The second-order valence-corrected chi connectivity index (χ2v) is 9.22. The average molecular weight is 372 g/mol. The van der Waals surface area contributed by atoms with E-state index in [-0.39, 0.29) is 17.8 Å². The van der Waals surface area contributed by atoms with Crippen LogP contribution >= 0.6 is 0 Å². The van der Waals surface area contributed by atoms with Crippen molar-refractivity contribution >= 4 is 15.7 Å². The van der Waals surface area contributed by atoms with E-state index in [1.54, 1.807) is 11.9 Å². The molecule has 1 aromatic rings. The summed E-state index contributed by atoms with van der Waals surface area (Å²) in [5, 5.41) is 2.86. The van der Waals surface area contributed by atoms with Crippen molar-refractivity contribution in [3.8, 4) is 0 Å². The van der Waals surface area contributed by atoms with E-state index in [9.17, 15) is 13.2 Å². The van der Waals surface area contributed by atoms with E-state index in [1.807, 2.05) is 0 Å². The summed E-state index contributed by atoms with van der Waals surface area (Å²) < 4.78 is 30.3. The van der Waals surface area contributed by atoms with Crippen LogP contribution in [0.4, 0.5) is 0 Å². The molecule has 0 saturated heterocycles. The van der Waals surface area contributed by atoms with E-state index in [0.29, 0.717) is 12.2 Å². The van der Waals surface area contributed by atoms with Gasteiger partial charge in [0.15, 0.2) is 15.7 Å². The van der Waals surface area contributed by atoms with Gasteiger partial charge in [-0.25, -0.2) is 8.42 Å². The van der Waals surface area contributed by atoms with Gasteiger partial charge in [0.05, 0.1) is 0 Å². The fourth-order valence-corrected chi connectivity index (χ4v) is 4.29. The third-order valence-electron chi connectivity index (χ3n) is 4.96. The van der Waals surface area contributed by atoms with Crippen LogP contribution in [0.3, 0.4) is 0 Å². The number of carbonyl (C=O) groups is 1. The fourth-order valence-electron chi connectivity index (χ4n) is 3.09. The molecule has 0 aromatic carbocycles. The summed E-state index contributed by atoms with van der Waals surface area (Å²) in [6.45, 7) is 3.56. The Morgan fingerprint density at radius 1 is 1.32 bits per heavy atom. The third kappa shape index (κ3) is 5.26. The molecule has 1 aliphatic rings. The molecule has 1 atom stereocenters. The highest BCUT2D eigenvalue weighted by Gasteiger charge is 2.33. The summed E-state index contributed by atoms with van der Waals surface area (Å²) >= 11 is 0. The maximum Gasteiger partial charge on any atom is 0.244 e. The number of unbranched alkanes of at least 4 members (excludes halogenated alkanes) is 1. The molecule has 2 rings (SSSR count). The Balaban J connectivity index is 1.99. The first kappa shape index (κ1) is 19.9. The SMILES string of the molecule is CCCCc1noc(C(C)S(=O)(=O)CC(=O)N(C)C2CCCCC2)n1. The summed E-state index contributed by atoms with van der Waals surface area (Å²) in [5.74, 6) is -0.290. The standard InChI is InChI=1S/C17H29N3O4S/c1-4-5-11-15-18-17(24-19-15)13(2)25(22,23)12-16(21)20(3)14-9-7-6-8-10-14/h13-14H,4-12H2,1-3H3. The smallest absolute Gasteiger partial charge is 0.244 e. The zero-order chi connectivity index (χ0) is 18.4. The van der Waals surface area contributed by atoms with E-state index >= 15 is 0 Å². The molecular weight excluding hydrogens is 342 g/mol. The maximum atomic E-state index is 12.6. The van der Waals surface area contributed by atoms with E-state index in [4.69, 9.17) is 4.52 Å². The highest BCUT2D eigenvalue weighted by molar-refractivity contribution is 7.92. The first-order valence-corrected chi connectivity index (χ1v) is 10.9. The Morgan fingerprint density at radius 3 is 2.64 bits per heavy atom. The molecule has 0 aliphatic heterocycles. The van der Waals surface area contributed by atoms with Crippen LogP contribution in [0.15, 0.2) is 4.52 Å². The Hall–Kier alpha value is -1.44. The van der Waals surface area contributed by atoms with Crippen LogP contribution in [0, 0.1) is 0 Å². The van der Waals surface area contributed by atoms with E-state index < -0.39 is 20.8 Å². The lowest BCUT2D eigenvalue weighted by Gasteiger charge is -2.31. The molecule has 25 heavy (non-hydrogen) atoms. The van der Waals surface area contributed by atoms with Crippen molar-refractivity contribution in [1.29, 1.82) is 0 Å². The predicted octanol–water partition coefficient (Wildman–Crippen LogP) is 2.68. The normalized spacial score (nSPS) is 17.4.